The number of benzene rings is 3. The zero-order valence-corrected chi connectivity index (χ0v) is 21.8. The Morgan fingerprint density at radius 1 is 1.06 bits per heavy atom. The van der Waals surface area contributed by atoms with E-state index in [4.69, 9.17) is 20.8 Å². The average molecular weight is 642 g/mol. The highest BCUT2D eigenvalue weighted by atomic mass is 79.9. The quantitative estimate of drug-likeness (QED) is 0.173. The molecule has 0 atom stereocenters. The molecule has 162 valence electrons. The van der Waals surface area contributed by atoms with E-state index in [2.05, 4.69) is 58.3 Å². The van der Waals surface area contributed by atoms with E-state index in [1.54, 1.807) is 12.1 Å². The van der Waals surface area contributed by atoms with Gasteiger partial charge in [0.2, 0.25) is 0 Å². The summed E-state index contributed by atoms with van der Waals surface area (Å²) < 4.78 is 13.9. The first kappa shape index (κ1) is 23.0. The SMILES string of the molecule is O=C(N/N=C/c1cc(Br)c(OCc2ccccc2Cl)c(Br)c1)c1cc2cc(Br)ccc2o1. The van der Waals surface area contributed by atoms with E-state index in [0.717, 1.165) is 29.9 Å². The monoisotopic (exact) mass is 638 g/mol. The molecular formula is C23H14Br3ClN2O3. The molecule has 0 radical (unpaired) electrons. The summed E-state index contributed by atoms with van der Waals surface area (Å²) in [6, 6.07) is 18.4. The van der Waals surface area contributed by atoms with Gasteiger partial charge in [-0.2, -0.15) is 5.10 Å². The van der Waals surface area contributed by atoms with Crippen molar-refractivity contribution in [3.8, 4) is 5.75 Å². The van der Waals surface area contributed by atoms with Crippen LogP contribution in [0.3, 0.4) is 0 Å². The molecule has 3 aromatic carbocycles. The van der Waals surface area contributed by atoms with Crippen LogP contribution < -0.4 is 10.2 Å². The van der Waals surface area contributed by atoms with Crippen LogP contribution in [0, 0.1) is 0 Å². The Labute approximate surface area is 214 Å². The summed E-state index contributed by atoms with van der Waals surface area (Å²) in [4.78, 5) is 12.3. The van der Waals surface area contributed by atoms with E-state index in [1.807, 2.05) is 48.5 Å². The average Bonchev–Trinajstić information content (AvgIpc) is 3.17. The van der Waals surface area contributed by atoms with Gasteiger partial charge in [-0.25, -0.2) is 5.43 Å². The second-order valence-corrected chi connectivity index (χ2v) is 9.72. The third kappa shape index (κ3) is 5.43. The molecule has 4 rings (SSSR count). The Morgan fingerprint density at radius 2 is 1.81 bits per heavy atom. The highest BCUT2D eigenvalue weighted by Crippen LogP contribution is 2.35. The number of amides is 1. The Balaban J connectivity index is 1.42. The van der Waals surface area contributed by atoms with Gasteiger partial charge in [-0.05, 0) is 79.9 Å². The molecule has 0 spiro atoms. The van der Waals surface area contributed by atoms with Crippen LogP contribution in [0.15, 0.2) is 83.6 Å². The number of hydrogen-bond donors (Lipinski definition) is 1. The molecule has 1 aromatic heterocycles. The second-order valence-electron chi connectivity index (χ2n) is 6.69. The van der Waals surface area contributed by atoms with Gasteiger partial charge in [0.25, 0.3) is 0 Å². The lowest BCUT2D eigenvalue weighted by Gasteiger charge is -2.12. The van der Waals surface area contributed by atoms with Crippen molar-refractivity contribution in [2.75, 3.05) is 0 Å². The predicted octanol–water partition coefficient (Wildman–Crippen LogP) is 7.72. The van der Waals surface area contributed by atoms with Crippen molar-refractivity contribution in [2.24, 2.45) is 5.10 Å². The summed E-state index contributed by atoms with van der Waals surface area (Å²) in [6.07, 6.45) is 1.53. The Hall–Kier alpha value is -2.13. The normalized spacial score (nSPS) is 11.2. The van der Waals surface area contributed by atoms with Crippen LogP contribution in [0.25, 0.3) is 11.0 Å². The number of furan rings is 1. The fraction of sp³-hybridized carbons (Fsp3) is 0.0435. The van der Waals surface area contributed by atoms with E-state index < -0.39 is 5.91 Å². The number of halogens is 4. The fourth-order valence-corrected chi connectivity index (χ4v) is 4.92. The van der Waals surface area contributed by atoms with Crippen molar-refractivity contribution < 1.29 is 13.9 Å². The summed E-state index contributed by atoms with van der Waals surface area (Å²) in [5, 5.41) is 5.51. The van der Waals surface area contributed by atoms with E-state index in [-0.39, 0.29) is 5.76 Å². The summed E-state index contributed by atoms with van der Waals surface area (Å²) in [6.45, 7) is 0.328. The van der Waals surface area contributed by atoms with Crippen LogP contribution in [-0.2, 0) is 6.61 Å². The Bertz CT molecular complexity index is 1310. The van der Waals surface area contributed by atoms with Crippen LogP contribution in [0.2, 0.25) is 5.02 Å². The van der Waals surface area contributed by atoms with Gasteiger partial charge in [0, 0.05) is 20.4 Å². The highest BCUT2D eigenvalue weighted by molar-refractivity contribution is 9.11. The van der Waals surface area contributed by atoms with E-state index >= 15 is 0 Å². The first-order valence-corrected chi connectivity index (χ1v) is 12.0. The van der Waals surface area contributed by atoms with Crippen molar-refractivity contribution in [2.45, 2.75) is 6.61 Å². The Kier molecular flexibility index (Phi) is 7.35. The van der Waals surface area contributed by atoms with E-state index in [0.29, 0.717) is 23.0 Å². The minimum absolute atomic E-state index is 0.181. The number of hydrogen-bond acceptors (Lipinski definition) is 4. The summed E-state index contributed by atoms with van der Waals surface area (Å²) in [7, 11) is 0. The predicted molar refractivity (Wildman–Crippen MR) is 137 cm³/mol. The number of ether oxygens (including phenoxy) is 1. The number of carbonyl (C=O) groups excluding carboxylic acids is 1. The molecule has 1 heterocycles. The third-order valence-electron chi connectivity index (χ3n) is 4.43. The summed E-state index contributed by atoms with van der Waals surface area (Å²) in [5.41, 5.74) is 4.75. The topological polar surface area (TPSA) is 63.8 Å². The second kappa shape index (κ2) is 10.2. The number of fused-ring (bicyclic) bond motifs is 1. The lowest BCUT2D eigenvalue weighted by molar-refractivity contribution is 0.0929. The minimum Gasteiger partial charge on any atom is -0.486 e. The highest BCUT2D eigenvalue weighted by Gasteiger charge is 2.13. The maximum atomic E-state index is 12.3. The standard InChI is InChI=1S/C23H14Br3ClN2O3/c24-16-5-6-20-15(9-16)10-21(32-20)23(30)29-28-11-13-7-17(25)22(18(26)8-13)31-12-14-3-1-2-4-19(14)27/h1-11H,12H2,(H,29,30)/b28-11+. The minimum atomic E-state index is -0.439. The molecule has 32 heavy (non-hydrogen) atoms. The molecule has 1 amide bonds. The van der Waals surface area contributed by atoms with Gasteiger partial charge in [0.15, 0.2) is 5.76 Å². The van der Waals surface area contributed by atoms with Crippen molar-refractivity contribution in [3.05, 3.63) is 96.0 Å². The number of nitrogens with zero attached hydrogens (tertiary/aromatic N) is 1. The van der Waals surface area contributed by atoms with Crippen molar-refractivity contribution in [1.29, 1.82) is 0 Å². The summed E-state index contributed by atoms with van der Waals surface area (Å²) in [5.74, 6) is 0.381. The first-order valence-electron chi connectivity index (χ1n) is 9.28. The lowest BCUT2D eigenvalue weighted by atomic mass is 10.2. The van der Waals surface area contributed by atoms with Gasteiger partial charge in [-0.15, -0.1) is 0 Å². The molecule has 5 nitrogen and oxygen atoms in total. The molecule has 0 fully saturated rings. The molecule has 1 N–H and O–H groups in total. The largest absolute Gasteiger partial charge is 0.486 e. The third-order valence-corrected chi connectivity index (χ3v) is 6.47. The van der Waals surface area contributed by atoms with Gasteiger partial charge < -0.3 is 9.15 Å². The zero-order chi connectivity index (χ0) is 22.7. The Morgan fingerprint density at radius 3 is 2.56 bits per heavy atom. The van der Waals surface area contributed by atoms with Crippen LogP contribution >= 0.6 is 59.4 Å². The number of nitrogens with one attached hydrogen (secondary N) is 1. The smallest absolute Gasteiger partial charge is 0.307 e. The fourth-order valence-electron chi connectivity index (χ4n) is 2.90. The molecule has 0 aliphatic carbocycles. The molecule has 0 bridgehead atoms. The van der Waals surface area contributed by atoms with Gasteiger partial charge >= 0.3 is 5.91 Å². The summed E-state index contributed by atoms with van der Waals surface area (Å²) >= 11 is 16.6. The number of rotatable bonds is 6. The molecule has 0 saturated heterocycles. The van der Waals surface area contributed by atoms with Gasteiger partial charge in [-0.3, -0.25) is 4.79 Å². The van der Waals surface area contributed by atoms with Crippen molar-refractivity contribution in [3.63, 3.8) is 0 Å². The number of hydrazone groups is 1. The molecular weight excluding hydrogens is 627 g/mol. The lowest BCUT2D eigenvalue weighted by Crippen LogP contribution is -2.16. The van der Waals surface area contributed by atoms with Crippen LogP contribution in [0.5, 0.6) is 5.75 Å². The number of carbonyl (C=O) groups is 1. The molecule has 0 aliphatic rings. The first-order chi connectivity index (χ1) is 15.4. The maximum absolute atomic E-state index is 12.3. The molecule has 9 heteroatoms. The van der Waals surface area contributed by atoms with Crippen LogP contribution in [0.4, 0.5) is 0 Å². The molecule has 0 aliphatic heterocycles. The zero-order valence-electron chi connectivity index (χ0n) is 16.2. The van der Waals surface area contributed by atoms with Gasteiger partial charge in [0.05, 0.1) is 15.2 Å². The van der Waals surface area contributed by atoms with E-state index in [9.17, 15) is 4.79 Å². The molecule has 0 unspecified atom stereocenters. The van der Waals surface area contributed by atoms with Crippen LogP contribution in [-0.4, -0.2) is 12.1 Å². The molecule has 4 aromatic rings. The van der Waals surface area contributed by atoms with Gasteiger partial charge in [-0.1, -0.05) is 45.7 Å². The van der Waals surface area contributed by atoms with Crippen LogP contribution in [0.1, 0.15) is 21.7 Å². The molecule has 0 saturated carbocycles. The van der Waals surface area contributed by atoms with Crippen molar-refractivity contribution >= 4 is 82.5 Å². The van der Waals surface area contributed by atoms with Crippen molar-refractivity contribution in [1.82, 2.24) is 5.43 Å². The van der Waals surface area contributed by atoms with Gasteiger partial charge in [0.1, 0.15) is 17.9 Å². The maximum Gasteiger partial charge on any atom is 0.307 e. The van der Waals surface area contributed by atoms with E-state index in [1.165, 1.54) is 6.21 Å².